The van der Waals surface area contributed by atoms with Crippen molar-refractivity contribution in [1.82, 2.24) is 19.1 Å². The molecule has 2 heterocycles. The lowest BCUT2D eigenvalue weighted by Gasteiger charge is -2.06. The average Bonchev–Trinajstić information content (AvgIpc) is 3.11. The molecular formula is C14H13ClN4O. The molecule has 0 bridgehead atoms. The van der Waals surface area contributed by atoms with Gasteiger partial charge in [0.25, 0.3) is 0 Å². The van der Waals surface area contributed by atoms with Gasteiger partial charge in [0.1, 0.15) is 5.75 Å². The summed E-state index contributed by atoms with van der Waals surface area (Å²) < 4.78 is 9.04. The molecule has 0 aliphatic carbocycles. The average molecular weight is 289 g/mol. The van der Waals surface area contributed by atoms with Gasteiger partial charge in [0.15, 0.2) is 0 Å². The van der Waals surface area contributed by atoms with Crippen molar-refractivity contribution < 1.29 is 4.74 Å². The Kier molecular flexibility index (Phi) is 3.43. The molecule has 0 radical (unpaired) electrons. The maximum atomic E-state index is 6.13. The summed E-state index contributed by atoms with van der Waals surface area (Å²) in [6.45, 7) is 0.691. The van der Waals surface area contributed by atoms with Gasteiger partial charge in [0.05, 0.1) is 37.0 Å². The molecule has 0 aliphatic rings. The molecule has 0 spiro atoms. The highest BCUT2D eigenvalue weighted by molar-refractivity contribution is 6.32. The lowest BCUT2D eigenvalue weighted by molar-refractivity contribution is 0.415. The quantitative estimate of drug-likeness (QED) is 0.741. The normalized spacial score (nSPS) is 10.7. The zero-order chi connectivity index (χ0) is 13.9. The van der Waals surface area contributed by atoms with Crippen molar-refractivity contribution in [1.29, 1.82) is 0 Å². The number of rotatable bonds is 4. The lowest BCUT2D eigenvalue weighted by atomic mass is 10.3. The molecule has 0 amide bonds. The van der Waals surface area contributed by atoms with Crippen LogP contribution in [0.5, 0.6) is 5.75 Å². The number of methoxy groups -OCH3 is 1. The highest BCUT2D eigenvalue weighted by atomic mass is 35.5. The first-order valence-electron chi connectivity index (χ1n) is 6.09. The van der Waals surface area contributed by atoms with E-state index in [1.54, 1.807) is 26.0 Å². The van der Waals surface area contributed by atoms with E-state index in [-0.39, 0.29) is 0 Å². The minimum absolute atomic E-state index is 0.579. The second kappa shape index (κ2) is 5.38. The van der Waals surface area contributed by atoms with Gasteiger partial charge in [-0.25, -0.2) is 9.97 Å². The molecule has 0 unspecified atom stereocenters. The van der Waals surface area contributed by atoms with Gasteiger partial charge in [-0.2, -0.15) is 0 Å². The first kappa shape index (κ1) is 12.7. The van der Waals surface area contributed by atoms with Gasteiger partial charge >= 0.3 is 0 Å². The Hall–Kier alpha value is -2.27. The van der Waals surface area contributed by atoms with Crippen LogP contribution in [0.2, 0.25) is 5.02 Å². The molecule has 3 aromatic rings. The van der Waals surface area contributed by atoms with Crippen LogP contribution < -0.4 is 4.74 Å². The predicted octanol–water partition coefficient (Wildman–Crippen LogP) is 2.78. The van der Waals surface area contributed by atoms with E-state index in [9.17, 15) is 0 Å². The summed E-state index contributed by atoms with van der Waals surface area (Å²) in [4.78, 5) is 8.39. The molecule has 5 nitrogen and oxygen atoms in total. The van der Waals surface area contributed by atoms with Gasteiger partial charge in [0.2, 0.25) is 0 Å². The van der Waals surface area contributed by atoms with E-state index in [2.05, 4.69) is 9.97 Å². The second-order valence-electron chi connectivity index (χ2n) is 4.33. The molecule has 0 fully saturated rings. The molecule has 6 heteroatoms. The van der Waals surface area contributed by atoms with E-state index >= 15 is 0 Å². The van der Waals surface area contributed by atoms with Crippen LogP contribution in [0.25, 0.3) is 5.69 Å². The third-order valence-electron chi connectivity index (χ3n) is 2.97. The Morgan fingerprint density at radius 3 is 2.90 bits per heavy atom. The summed E-state index contributed by atoms with van der Waals surface area (Å²) in [6, 6.07) is 5.63. The number of nitrogens with zero attached hydrogens (tertiary/aromatic N) is 4. The number of aromatic nitrogens is 4. The number of benzene rings is 1. The Morgan fingerprint density at radius 2 is 2.20 bits per heavy atom. The monoisotopic (exact) mass is 288 g/mol. The maximum absolute atomic E-state index is 6.13. The van der Waals surface area contributed by atoms with Crippen molar-refractivity contribution in [2.24, 2.45) is 0 Å². The lowest BCUT2D eigenvalue weighted by Crippen LogP contribution is -1.96. The van der Waals surface area contributed by atoms with E-state index < -0.39 is 0 Å². The topological polar surface area (TPSA) is 44.9 Å². The zero-order valence-corrected chi connectivity index (χ0v) is 11.7. The summed E-state index contributed by atoms with van der Waals surface area (Å²) in [5, 5.41) is 0.579. The van der Waals surface area contributed by atoms with Crippen LogP contribution in [-0.2, 0) is 6.54 Å². The molecule has 0 saturated heterocycles. The molecule has 1 aromatic carbocycles. The molecule has 2 aromatic heterocycles. The van der Waals surface area contributed by atoms with Crippen molar-refractivity contribution in [2.45, 2.75) is 6.54 Å². The molecule has 0 atom stereocenters. The Labute approximate surface area is 121 Å². The summed E-state index contributed by atoms with van der Waals surface area (Å²) in [7, 11) is 1.60. The fourth-order valence-corrected chi connectivity index (χ4v) is 2.22. The smallest absolute Gasteiger partial charge is 0.137 e. The van der Waals surface area contributed by atoms with Crippen LogP contribution >= 0.6 is 11.6 Å². The summed E-state index contributed by atoms with van der Waals surface area (Å²) >= 11 is 6.13. The third kappa shape index (κ3) is 2.53. The van der Waals surface area contributed by atoms with Crippen LogP contribution in [0, 0.1) is 0 Å². The molecule has 0 saturated carbocycles. The predicted molar refractivity (Wildman–Crippen MR) is 76.5 cm³/mol. The minimum Gasteiger partial charge on any atom is -0.495 e. The summed E-state index contributed by atoms with van der Waals surface area (Å²) in [5.74, 6) is 0.661. The van der Waals surface area contributed by atoms with Crippen molar-refractivity contribution in [3.05, 3.63) is 60.2 Å². The standard InChI is InChI=1S/C14H13ClN4O/c1-20-14-3-2-12(6-13(14)15)19-8-11(17-10-19)7-18-5-4-16-9-18/h2-6,8-10H,7H2,1H3. The van der Waals surface area contributed by atoms with E-state index in [0.717, 1.165) is 11.4 Å². The van der Waals surface area contributed by atoms with Gasteiger partial charge in [-0.05, 0) is 18.2 Å². The van der Waals surface area contributed by atoms with E-state index in [1.165, 1.54) is 0 Å². The number of imidazole rings is 2. The molecule has 0 aliphatic heterocycles. The highest BCUT2D eigenvalue weighted by Crippen LogP contribution is 2.26. The first-order chi connectivity index (χ1) is 9.76. The van der Waals surface area contributed by atoms with Crippen LogP contribution in [0.3, 0.4) is 0 Å². The van der Waals surface area contributed by atoms with Crippen LogP contribution in [0.1, 0.15) is 5.69 Å². The van der Waals surface area contributed by atoms with Crippen LogP contribution in [-0.4, -0.2) is 26.2 Å². The fraction of sp³-hybridized carbons (Fsp3) is 0.143. The molecule has 3 rings (SSSR count). The Morgan fingerprint density at radius 1 is 1.30 bits per heavy atom. The van der Waals surface area contributed by atoms with Crippen molar-refractivity contribution in [3.8, 4) is 11.4 Å². The molecule has 102 valence electrons. The summed E-state index contributed by atoms with van der Waals surface area (Å²) in [5.41, 5.74) is 1.90. The Balaban J connectivity index is 1.84. The molecule has 0 N–H and O–H groups in total. The molecule has 20 heavy (non-hydrogen) atoms. The van der Waals surface area contributed by atoms with Crippen molar-refractivity contribution in [2.75, 3.05) is 7.11 Å². The van der Waals surface area contributed by atoms with Gasteiger partial charge in [-0.1, -0.05) is 11.6 Å². The van der Waals surface area contributed by atoms with E-state index in [4.69, 9.17) is 16.3 Å². The number of halogens is 1. The number of ether oxygens (including phenoxy) is 1. The van der Waals surface area contributed by atoms with Gasteiger partial charge in [0, 0.05) is 24.3 Å². The van der Waals surface area contributed by atoms with Gasteiger partial charge in [-0.3, -0.25) is 0 Å². The van der Waals surface area contributed by atoms with Gasteiger partial charge in [-0.15, -0.1) is 0 Å². The van der Waals surface area contributed by atoms with E-state index in [1.807, 2.05) is 39.7 Å². The van der Waals surface area contributed by atoms with E-state index in [0.29, 0.717) is 17.3 Å². The molecular weight excluding hydrogens is 276 g/mol. The Bertz CT molecular complexity index is 706. The van der Waals surface area contributed by atoms with Crippen molar-refractivity contribution in [3.63, 3.8) is 0 Å². The van der Waals surface area contributed by atoms with Crippen LogP contribution in [0.15, 0.2) is 49.4 Å². The number of hydrogen-bond acceptors (Lipinski definition) is 3. The zero-order valence-electron chi connectivity index (χ0n) is 10.9. The maximum Gasteiger partial charge on any atom is 0.137 e. The van der Waals surface area contributed by atoms with Crippen molar-refractivity contribution >= 4 is 11.6 Å². The third-order valence-corrected chi connectivity index (χ3v) is 3.27. The fourth-order valence-electron chi connectivity index (χ4n) is 1.97. The number of hydrogen-bond donors (Lipinski definition) is 0. The minimum atomic E-state index is 0.579. The summed E-state index contributed by atoms with van der Waals surface area (Å²) in [6.07, 6.45) is 9.16. The van der Waals surface area contributed by atoms with Crippen LogP contribution in [0.4, 0.5) is 0 Å². The van der Waals surface area contributed by atoms with Gasteiger partial charge < -0.3 is 13.9 Å². The second-order valence-corrected chi connectivity index (χ2v) is 4.73. The highest BCUT2D eigenvalue weighted by Gasteiger charge is 2.05. The first-order valence-corrected chi connectivity index (χ1v) is 6.46. The SMILES string of the molecule is COc1ccc(-n2cnc(Cn3ccnc3)c2)cc1Cl. The largest absolute Gasteiger partial charge is 0.495 e.